The number of methoxy groups -OCH3 is 1. The summed E-state index contributed by atoms with van der Waals surface area (Å²) in [5.41, 5.74) is 0. The third-order valence-corrected chi connectivity index (χ3v) is 7.84. The van der Waals surface area contributed by atoms with Crippen LogP contribution in [0.1, 0.15) is 123 Å². The summed E-state index contributed by atoms with van der Waals surface area (Å²) in [6, 6.07) is 0.829. The Labute approximate surface area is 177 Å². The molecule has 2 rings (SSSR count). The smallest absolute Gasteiger partial charge is 0.0571 e. The van der Waals surface area contributed by atoms with Gasteiger partial charge in [0, 0.05) is 13.2 Å². The molecular formula is C26H51NO. The van der Waals surface area contributed by atoms with Crippen molar-refractivity contribution in [3.8, 4) is 0 Å². The molecule has 1 heterocycles. The fourth-order valence-corrected chi connectivity index (χ4v) is 6.07. The summed E-state index contributed by atoms with van der Waals surface area (Å²) in [5.74, 6) is 1.90. The summed E-state index contributed by atoms with van der Waals surface area (Å²) in [4.78, 5) is 2.88. The van der Waals surface area contributed by atoms with Gasteiger partial charge in [-0.3, -0.25) is 0 Å². The van der Waals surface area contributed by atoms with Crippen molar-refractivity contribution in [1.29, 1.82) is 0 Å². The van der Waals surface area contributed by atoms with Gasteiger partial charge in [0.2, 0.25) is 0 Å². The first-order valence-corrected chi connectivity index (χ1v) is 13.0. The largest absolute Gasteiger partial charge is 0.381 e. The van der Waals surface area contributed by atoms with Gasteiger partial charge in [-0.1, -0.05) is 84.5 Å². The Morgan fingerprint density at radius 2 is 1.36 bits per heavy atom. The van der Waals surface area contributed by atoms with Crippen molar-refractivity contribution in [1.82, 2.24) is 4.90 Å². The van der Waals surface area contributed by atoms with Crippen LogP contribution in [0.2, 0.25) is 0 Å². The zero-order valence-corrected chi connectivity index (χ0v) is 19.6. The van der Waals surface area contributed by atoms with Crippen LogP contribution < -0.4 is 0 Å². The minimum Gasteiger partial charge on any atom is -0.381 e. The molecule has 1 aliphatic carbocycles. The molecule has 0 radical (unpaired) electrons. The third kappa shape index (κ3) is 8.74. The lowest BCUT2D eigenvalue weighted by atomic mass is 9.79. The lowest BCUT2D eigenvalue weighted by Crippen LogP contribution is -2.43. The van der Waals surface area contributed by atoms with Crippen molar-refractivity contribution in [3.05, 3.63) is 0 Å². The van der Waals surface area contributed by atoms with E-state index in [1.165, 1.54) is 122 Å². The Kier molecular flexibility index (Phi) is 12.8. The zero-order chi connectivity index (χ0) is 20.0. The Morgan fingerprint density at radius 3 is 2.00 bits per heavy atom. The first kappa shape index (κ1) is 24.2. The molecular weight excluding hydrogens is 342 g/mol. The van der Waals surface area contributed by atoms with Crippen molar-refractivity contribution in [3.63, 3.8) is 0 Å². The number of ether oxygens (including phenoxy) is 1. The van der Waals surface area contributed by atoms with Crippen LogP contribution in [0.3, 0.4) is 0 Å². The second kappa shape index (κ2) is 14.8. The van der Waals surface area contributed by atoms with Crippen LogP contribution in [0.15, 0.2) is 0 Å². The predicted octanol–water partition coefficient (Wildman–Crippen LogP) is 7.60. The van der Waals surface area contributed by atoms with Gasteiger partial charge in [-0.2, -0.15) is 0 Å². The average molecular weight is 394 g/mol. The molecule has 2 nitrogen and oxygen atoms in total. The van der Waals surface area contributed by atoms with E-state index in [1.807, 2.05) is 7.11 Å². The summed E-state index contributed by atoms with van der Waals surface area (Å²) in [5, 5.41) is 0. The Balaban J connectivity index is 1.98. The van der Waals surface area contributed by atoms with Gasteiger partial charge in [-0.05, 0) is 63.5 Å². The van der Waals surface area contributed by atoms with Gasteiger partial charge in [-0.15, -0.1) is 0 Å². The van der Waals surface area contributed by atoms with Crippen LogP contribution in [0.4, 0.5) is 0 Å². The minimum absolute atomic E-state index is 0.530. The topological polar surface area (TPSA) is 12.5 Å². The van der Waals surface area contributed by atoms with Gasteiger partial charge in [0.15, 0.2) is 0 Å². The molecule has 166 valence electrons. The predicted molar refractivity (Wildman–Crippen MR) is 123 cm³/mol. The van der Waals surface area contributed by atoms with Gasteiger partial charge in [0.05, 0.1) is 6.10 Å². The summed E-state index contributed by atoms with van der Waals surface area (Å²) >= 11 is 0. The highest BCUT2D eigenvalue weighted by molar-refractivity contribution is 4.84. The van der Waals surface area contributed by atoms with Gasteiger partial charge in [0.25, 0.3) is 0 Å². The van der Waals surface area contributed by atoms with Crippen LogP contribution >= 0.6 is 0 Å². The highest BCUT2D eigenvalue weighted by Gasteiger charge is 2.30. The molecule has 0 bridgehead atoms. The molecule has 28 heavy (non-hydrogen) atoms. The standard InChI is InChI=1S/C26H51NO/c1-4-14-23-15-11-9-7-6-8-10-12-22-27(5-2)26(17-13-16-23)24-18-20-25(28-3)21-19-24/h23-26H,4-22H2,1-3H3. The van der Waals surface area contributed by atoms with Crippen LogP contribution in [0.5, 0.6) is 0 Å². The first-order valence-electron chi connectivity index (χ1n) is 13.0. The molecule has 1 saturated heterocycles. The van der Waals surface area contributed by atoms with Crippen LogP contribution in [-0.4, -0.2) is 37.2 Å². The summed E-state index contributed by atoms with van der Waals surface area (Å²) in [7, 11) is 1.90. The molecule has 0 spiro atoms. The molecule has 0 aromatic heterocycles. The van der Waals surface area contributed by atoms with Gasteiger partial charge < -0.3 is 9.64 Å². The fourth-order valence-electron chi connectivity index (χ4n) is 6.07. The number of nitrogens with zero attached hydrogens (tertiary/aromatic N) is 1. The fraction of sp³-hybridized carbons (Fsp3) is 1.00. The van der Waals surface area contributed by atoms with E-state index >= 15 is 0 Å². The molecule has 0 aromatic rings. The molecule has 0 amide bonds. The van der Waals surface area contributed by atoms with Gasteiger partial charge in [-0.25, -0.2) is 0 Å². The zero-order valence-electron chi connectivity index (χ0n) is 19.6. The van der Waals surface area contributed by atoms with E-state index < -0.39 is 0 Å². The number of hydrogen-bond acceptors (Lipinski definition) is 2. The monoisotopic (exact) mass is 393 g/mol. The van der Waals surface area contributed by atoms with Gasteiger partial charge >= 0.3 is 0 Å². The van der Waals surface area contributed by atoms with E-state index in [2.05, 4.69) is 18.7 Å². The SMILES string of the molecule is CCCC1CCCCCCCCCN(CC)C(C2CCC(OC)CC2)CCC1. The lowest BCUT2D eigenvalue weighted by Gasteiger charge is -2.40. The first-order chi connectivity index (χ1) is 13.8. The molecule has 1 aliphatic heterocycles. The van der Waals surface area contributed by atoms with E-state index in [-0.39, 0.29) is 0 Å². The highest BCUT2D eigenvalue weighted by atomic mass is 16.5. The molecule has 2 fully saturated rings. The Bertz CT molecular complexity index is 363. The maximum absolute atomic E-state index is 5.66. The molecule has 1 saturated carbocycles. The average Bonchev–Trinajstić information content (AvgIpc) is 2.73. The normalized spacial score (nSPS) is 33.1. The summed E-state index contributed by atoms with van der Waals surface area (Å²) < 4.78 is 5.66. The van der Waals surface area contributed by atoms with E-state index in [0.29, 0.717) is 6.10 Å². The highest BCUT2D eigenvalue weighted by Crippen LogP contribution is 2.34. The van der Waals surface area contributed by atoms with Crippen molar-refractivity contribution in [2.24, 2.45) is 11.8 Å². The van der Waals surface area contributed by atoms with Crippen LogP contribution in [-0.2, 0) is 4.74 Å². The van der Waals surface area contributed by atoms with Crippen molar-refractivity contribution in [2.75, 3.05) is 20.2 Å². The summed E-state index contributed by atoms with van der Waals surface area (Å²) in [6.45, 7) is 7.37. The Hall–Kier alpha value is -0.0800. The second-order valence-corrected chi connectivity index (χ2v) is 9.82. The van der Waals surface area contributed by atoms with Crippen LogP contribution in [0.25, 0.3) is 0 Å². The maximum Gasteiger partial charge on any atom is 0.0571 e. The quantitative estimate of drug-likeness (QED) is 0.476. The second-order valence-electron chi connectivity index (χ2n) is 9.82. The van der Waals surface area contributed by atoms with Crippen molar-refractivity contribution < 1.29 is 4.74 Å². The van der Waals surface area contributed by atoms with E-state index in [4.69, 9.17) is 4.74 Å². The van der Waals surface area contributed by atoms with E-state index in [9.17, 15) is 0 Å². The molecule has 2 heteroatoms. The number of hydrogen-bond donors (Lipinski definition) is 0. The van der Waals surface area contributed by atoms with Crippen molar-refractivity contribution >= 4 is 0 Å². The Morgan fingerprint density at radius 1 is 0.714 bits per heavy atom. The van der Waals surface area contributed by atoms with E-state index in [1.54, 1.807) is 0 Å². The molecule has 2 aliphatic rings. The number of rotatable bonds is 5. The molecule has 2 atom stereocenters. The molecule has 0 N–H and O–H groups in total. The van der Waals surface area contributed by atoms with Gasteiger partial charge in [0.1, 0.15) is 0 Å². The molecule has 2 unspecified atom stereocenters. The molecule has 0 aromatic carbocycles. The maximum atomic E-state index is 5.66. The van der Waals surface area contributed by atoms with Crippen molar-refractivity contribution in [2.45, 2.75) is 135 Å². The van der Waals surface area contributed by atoms with Crippen LogP contribution in [0, 0.1) is 11.8 Å². The lowest BCUT2D eigenvalue weighted by molar-refractivity contribution is 0.0302. The minimum atomic E-state index is 0.530. The van der Waals surface area contributed by atoms with E-state index in [0.717, 1.165) is 17.9 Å². The third-order valence-electron chi connectivity index (χ3n) is 7.84. The summed E-state index contributed by atoms with van der Waals surface area (Å²) in [6.07, 6.45) is 24.8.